The van der Waals surface area contributed by atoms with Gasteiger partial charge in [0.15, 0.2) is 5.82 Å². The average Bonchev–Trinajstić information content (AvgIpc) is 3.22. The zero-order chi connectivity index (χ0) is 18.1. The number of carbonyl (C=O) groups is 1. The van der Waals surface area contributed by atoms with Crippen LogP contribution < -0.4 is 0 Å². The van der Waals surface area contributed by atoms with Crippen molar-refractivity contribution >= 4 is 5.97 Å². The first-order valence-corrected chi connectivity index (χ1v) is 9.46. The Morgan fingerprint density at radius 2 is 2.12 bits per heavy atom. The standard InChI is InChI=1S/C20H25N3O3/c1-13-6-2-3-7-14(13)11-18-21-19(26-22-18)12-23-16-9-5-4-8-15(16)10-17(23)20(24)25/h2-3,6-7,15-17H,4-5,8-12H2,1H3,(H,24,25). The Bertz CT molecular complexity index is 788. The normalized spacial score (nSPS) is 26.0. The molecule has 0 bridgehead atoms. The van der Waals surface area contributed by atoms with Crippen molar-refractivity contribution in [2.75, 3.05) is 0 Å². The van der Waals surface area contributed by atoms with Gasteiger partial charge in [-0.3, -0.25) is 9.69 Å². The van der Waals surface area contributed by atoms with Gasteiger partial charge in [0.2, 0.25) is 5.89 Å². The summed E-state index contributed by atoms with van der Waals surface area (Å²) in [5, 5.41) is 13.7. The van der Waals surface area contributed by atoms with E-state index in [1.54, 1.807) is 0 Å². The van der Waals surface area contributed by atoms with Gasteiger partial charge >= 0.3 is 5.97 Å². The highest BCUT2D eigenvalue weighted by Crippen LogP contribution is 2.40. The van der Waals surface area contributed by atoms with Crippen molar-refractivity contribution in [3.05, 3.63) is 47.1 Å². The third-order valence-electron chi connectivity index (χ3n) is 5.94. The van der Waals surface area contributed by atoms with Crippen LogP contribution in [0.2, 0.25) is 0 Å². The van der Waals surface area contributed by atoms with Crippen LogP contribution in [0.4, 0.5) is 0 Å². The van der Waals surface area contributed by atoms with Gasteiger partial charge in [0.1, 0.15) is 6.04 Å². The van der Waals surface area contributed by atoms with Gasteiger partial charge in [-0.25, -0.2) is 0 Å². The number of rotatable bonds is 5. The molecule has 1 N–H and O–H groups in total. The van der Waals surface area contributed by atoms with Crippen molar-refractivity contribution in [3.63, 3.8) is 0 Å². The number of carboxylic acid groups (broad SMARTS) is 1. The van der Waals surface area contributed by atoms with Crippen LogP contribution in [0.15, 0.2) is 28.8 Å². The highest BCUT2D eigenvalue weighted by molar-refractivity contribution is 5.74. The van der Waals surface area contributed by atoms with Crippen LogP contribution in [0, 0.1) is 12.8 Å². The molecule has 1 aliphatic heterocycles. The summed E-state index contributed by atoms with van der Waals surface area (Å²) in [6.07, 6.45) is 5.95. The molecular formula is C20H25N3O3. The number of fused-ring (bicyclic) bond motifs is 1. The monoisotopic (exact) mass is 355 g/mol. The second-order valence-corrected chi connectivity index (χ2v) is 7.58. The van der Waals surface area contributed by atoms with Gasteiger partial charge in [-0.05, 0) is 43.2 Å². The number of likely N-dealkylation sites (tertiary alicyclic amines) is 1. The topological polar surface area (TPSA) is 79.5 Å². The van der Waals surface area contributed by atoms with Crippen LogP contribution in [0.5, 0.6) is 0 Å². The molecule has 3 unspecified atom stereocenters. The van der Waals surface area contributed by atoms with Crippen LogP contribution in [0.3, 0.4) is 0 Å². The molecule has 1 saturated heterocycles. The average molecular weight is 355 g/mol. The minimum absolute atomic E-state index is 0.330. The van der Waals surface area contributed by atoms with E-state index in [1.165, 1.54) is 24.0 Å². The van der Waals surface area contributed by atoms with E-state index in [9.17, 15) is 9.90 Å². The first-order chi connectivity index (χ1) is 12.6. The second kappa shape index (κ2) is 7.19. The summed E-state index contributed by atoms with van der Waals surface area (Å²) in [5.41, 5.74) is 2.38. The molecule has 3 atom stereocenters. The van der Waals surface area contributed by atoms with Crippen molar-refractivity contribution < 1.29 is 14.4 Å². The maximum absolute atomic E-state index is 11.7. The van der Waals surface area contributed by atoms with E-state index in [4.69, 9.17) is 4.52 Å². The zero-order valence-corrected chi connectivity index (χ0v) is 15.1. The smallest absolute Gasteiger partial charge is 0.320 e. The molecule has 2 aromatic rings. The third kappa shape index (κ3) is 3.38. The quantitative estimate of drug-likeness (QED) is 0.887. The molecule has 1 saturated carbocycles. The number of benzene rings is 1. The van der Waals surface area contributed by atoms with Gasteiger partial charge in [0.05, 0.1) is 6.54 Å². The van der Waals surface area contributed by atoms with Gasteiger partial charge in [-0.2, -0.15) is 4.98 Å². The fourth-order valence-electron chi connectivity index (χ4n) is 4.58. The maximum atomic E-state index is 11.7. The fourth-order valence-corrected chi connectivity index (χ4v) is 4.58. The Morgan fingerprint density at radius 3 is 2.92 bits per heavy atom. The molecule has 2 aliphatic rings. The summed E-state index contributed by atoms with van der Waals surface area (Å²) in [4.78, 5) is 18.3. The summed E-state index contributed by atoms with van der Waals surface area (Å²) < 4.78 is 5.45. The van der Waals surface area contributed by atoms with Crippen molar-refractivity contribution in [3.8, 4) is 0 Å². The molecule has 1 aromatic carbocycles. The van der Waals surface area contributed by atoms with Crippen LogP contribution in [0.25, 0.3) is 0 Å². The minimum atomic E-state index is -0.737. The number of aromatic nitrogens is 2. The van der Waals surface area contributed by atoms with Crippen LogP contribution in [-0.4, -0.2) is 38.2 Å². The summed E-state index contributed by atoms with van der Waals surface area (Å²) in [6, 6.07) is 8.06. The minimum Gasteiger partial charge on any atom is -0.480 e. The van der Waals surface area contributed by atoms with Crippen molar-refractivity contribution in [2.24, 2.45) is 5.92 Å². The molecule has 1 aromatic heterocycles. The maximum Gasteiger partial charge on any atom is 0.320 e. The van der Waals surface area contributed by atoms with Gasteiger partial charge < -0.3 is 9.63 Å². The molecule has 2 heterocycles. The Morgan fingerprint density at radius 1 is 1.31 bits per heavy atom. The zero-order valence-electron chi connectivity index (χ0n) is 15.1. The molecule has 0 spiro atoms. The first-order valence-electron chi connectivity index (χ1n) is 9.46. The Labute approximate surface area is 153 Å². The molecule has 0 amide bonds. The van der Waals surface area contributed by atoms with Crippen LogP contribution >= 0.6 is 0 Å². The predicted octanol–water partition coefficient (Wildman–Crippen LogP) is 3.19. The molecule has 6 nitrogen and oxygen atoms in total. The van der Waals surface area contributed by atoms with E-state index in [0.717, 1.165) is 19.3 Å². The molecular weight excluding hydrogens is 330 g/mol. The van der Waals surface area contributed by atoms with E-state index in [1.807, 2.05) is 12.1 Å². The van der Waals surface area contributed by atoms with Crippen molar-refractivity contribution in [1.82, 2.24) is 15.0 Å². The molecule has 138 valence electrons. The summed E-state index contributed by atoms with van der Waals surface area (Å²) in [5.74, 6) is 0.921. The van der Waals surface area contributed by atoms with Crippen LogP contribution in [-0.2, 0) is 17.8 Å². The highest BCUT2D eigenvalue weighted by atomic mass is 16.5. The molecule has 6 heteroatoms. The first kappa shape index (κ1) is 17.2. The second-order valence-electron chi connectivity index (χ2n) is 7.58. The van der Waals surface area contributed by atoms with Gasteiger partial charge in [0.25, 0.3) is 0 Å². The largest absolute Gasteiger partial charge is 0.480 e. The lowest BCUT2D eigenvalue weighted by Gasteiger charge is -2.31. The number of carboxylic acids is 1. The van der Waals surface area contributed by atoms with E-state index < -0.39 is 12.0 Å². The van der Waals surface area contributed by atoms with Gasteiger partial charge in [0, 0.05) is 12.5 Å². The Kier molecular flexibility index (Phi) is 4.76. The van der Waals surface area contributed by atoms with Gasteiger partial charge in [-0.1, -0.05) is 42.3 Å². The number of aryl methyl sites for hydroxylation is 1. The Hall–Kier alpha value is -2.21. The van der Waals surface area contributed by atoms with E-state index in [2.05, 4.69) is 34.1 Å². The highest BCUT2D eigenvalue weighted by Gasteiger charge is 2.45. The predicted molar refractivity (Wildman–Crippen MR) is 95.6 cm³/mol. The van der Waals surface area contributed by atoms with Crippen molar-refractivity contribution in [2.45, 2.75) is 64.1 Å². The molecule has 2 fully saturated rings. The SMILES string of the molecule is Cc1ccccc1Cc1noc(CN2C(C(=O)O)CC3CCCCC32)n1. The lowest BCUT2D eigenvalue weighted by Crippen LogP contribution is -2.41. The lowest BCUT2D eigenvalue weighted by molar-refractivity contribution is -0.143. The lowest BCUT2D eigenvalue weighted by atomic mass is 9.85. The molecule has 1 aliphatic carbocycles. The summed E-state index contributed by atoms with van der Waals surface area (Å²) in [6.45, 7) is 2.50. The molecule has 26 heavy (non-hydrogen) atoms. The third-order valence-corrected chi connectivity index (χ3v) is 5.94. The number of hydrogen-bond donors (Lipinski definition) is 1. The van der Waals surface area contributed by atoms with E-state index in [-0.39, 0.29) is 0 Å². The summed E-state index contributed by atoms with van der Waals surface area (Å²) >= 11 is 0. The number of hydrogen-bond acceptors (Lipinski definition) is 5. The number of nitrogens with zero attached hydrogens (tertiary/aromatic N) is 3. The number of aliphatic carboxylic acids is 1. The van der Waals surface area contributed by atoms with Crippen LogP contribution in [0.1, 0.15) is 54.9 Å². The molecule has 0 radical (unpaired) electrons. The fraction of sp³-hybridized carbons (Fsp3) is 0.550. The van der Waals surface area contributed by atoms with Gasteiger partial charge in [-0.15, -0.1) is 0 Å². The van der Waals surface area contributed by atoms with E-state index >= 15 is 0 Å². The van der Waals surface area contributed by atoms with Crippen molar-refractivity contribution in [1.29, 1.82) is 0 Å². The summed E-state index contributed by atoms with van der Waals surface area (Å²) in [7, 11) is 0. The molecule has 4 rings (SSSR count). The van der Waals surface area contributed by atoms with E-state index in [0.29, 0.717) is 36.6 Å². The Balaban J connectivity index is 1.49.